The monoisotopic (exact) mass is 291 g/mol. The molecule has 0 aliphatic heterocycles. The quantitative estimate of drug-likeness (QED) is 0.796. The normalized spacial score (nSPS) is 11.8. The van der Waals surface area contributed by atoms with Gasteiger partial charge in [0.15, 0.2) is 0 Å². The molecule has 1 heterocycles. The first kappa shape index (κ1) is 14.8. The molecule has 2 rings (SSSR count). The molecule has 1 aromatic carbocycles. The van der Waals surface area contributed by atoms with Gasteiger partial charge in [0, 0.05) is 19.4 Å². The van der Waals surface area contributed by atoms with Gasteiger partial charge in [-0.15, -0.1) is 11.6 Å². The molecule has 0 atom stereocenters. The Balaban J connectivity index is 2.69. The van der Waals surface area contributed by atoms with E-state index in [9.17, 15) is 0 Å². The lowest BCUT2D eigenvalue weighted by Gasteiger charge is -2.28. The van der Waals surface area contributed by atoms with Crippen molar-refractivity contribution in [1.29, 1.82) is 5.26 Å². The minimum absolute atomic E-state index is 0.251. The van der Waals surface area contributed by atoms with Crippen molar-refractivity contribution in [2.24, 2.45) is 0 Å². The van der Waals surface area contributed by atoms with Crippen LogP contribution in [-0.2, 0) is 16.7 Å². The maximum Gasteiger partial charge on any atom is 0.111 e. The van der Waals surface area contributed by atoms with E-state index in [1.54, 1.807) is 13.2 Å². The van der Waals surface area contributed by atoms with Crippen molar-refractivity contribution >= 4 is 22.6 Å². The SMILES string of the molecule is COCC(C)(C)n1c(CCCl)nc2ccc(C#N)cc21. The topological polar surface area (TPSA) is 50.8 Å². The third-order valence-corrected chi connectivity index (χ3v) is 3.46. The van der Waals surface area contributed by atoms with Gasteiger partial charge < -0.3 is 9.30 Å². The minimum atomic E-state index is -0.251. The molecular weight excluding hydrogens is 274 g/mol. The van der Waals surface area contributed by atoms with Gasteiger partial charge in [-0.05, 0) is 32.0 Å². The molecule has 106 valence electrons. The number of hydrogen-bond donors (Lipinski definition) is 0. The molecule has 1 aromatic heterocycles. The van der Waals surface area contributed by atoms with Crippen LogP contribution in [0.3, 0.4) is 0 Å². The molecule has 0 spiro atoms. The molecule has 0 fully saturated rings. The number of ether oxygens (including phenoxy) is 1. The van der Waals surface area contributed by atoms with Crippen molar-refractivity contribution in [1.82, 2.24) is 9.55 Å². The van der Waals surface area contributed by atoms with Crippen LogP contribution in [0.15, 0.2) is 18.2 Å². The lowest BCUT2D eigenvalue weighted by atomic mass is 10.1. The highest BCUT2D eigenvalue weighted by Crippen LogP contribution is 2.27. The first-order valence-corrected chi connectivity index (χ1v) is 7.04. The highest BCUT2D eigenvalue weighted by Gasteiger charge is 2.26. The van der Waals surface area contributed by atoms with E-state index in [1.807, 2.05) is 12.1 Å². The second-order valence-corrected chi connectivity index (χ2v) is 5.74. The van der Waals surface area contributed by atoms with E-state index in [1.165, 1.54) is 0 Å². The maximum absolute atomic E-state index is 9.08. The molecular formula is C15H18ClN3O. The fourth-order valence-corrected chi connectivity index (χ4v) is 2.71. The first-order chi connectivity index (χ1) is 9.53. The number of aryl methyl sites for hydroxylation is 1. The summed E-state index contributed by atoms with van der Waals surface area (Å²) in [6.45, 7) is 4.74. The van der Waals surface area contributed by atoms with Crippen LogP contribution in [0.4, 0.5) is 0 Å². The van der Waals surface area contributed by atoms with Gasteiger partial charge in [-0.25, -0.2) is 4.98 Å². The Morgan fingerprint density at radius 1 is 1.45 bits per heavy atom. The number of nitrogens with zero attached hydrogens (tertiary/aromatic N) is 3. The number of imidazole rings is 1. The van der Waals surface area contributed by atoms with E-state index in [-0.39, 0.29) is 5.54 Å². The van der Waals surface area contributed by atoms with Crippen molar-refractivity contribution in [3.8, 4) is 6.07 Å². The van der Waals surface area contributed by atoms with E-state index >= 15 is 0 Å². The van der Waals surface area contributed by atoms with Crippen molar-refractivity contribution in [3.63, 3.8) is 0 Å². The van der Waals surface area contributed by atoms with Gasteiger partial charge >= 0.3 is 0 Å². The lowest BCUT2D eigenvalue weighted by Crippen LogP contribution is -2.33. The van der Waals surface area contributed by atoms with Crippen LogP contribution in [0, 0.1) is 11.3 Å². The Kier molecular flexibility index (Phi) is 4.32. The zero-order valence-electron chi connectivity index (χ0n) is 12.0. The van der Waals surface area contributed by atoms with Crippen molar-refractivity contribution < 1.29 is 4.74 Å². The van der Waals surface area contributed by atoms with E-state index < -0.39 is 0 Å². The standard InChI is InChI=1S/C15H18ClN3O/c1-15(2,10-20-3)19-13-8-11(9-17)4-5-12(13)18-14(19)6-7-16/h4-5,8H,6-7,10H2,1-3H3. The smallest absolute Gasteiger partial charge is 0.111 e. The number of hydrogen-bond acceptors (Lipinski definition) is 3. The molecule has 0 bridgehead atoms. The average molecular weight is 292 g/mol. The lowest BCUT2D eigenvalue weighted by molar-refractivity contribution is 0.110. The Morgan fingerprint density at radius 2 is 2.20 bits per heavy atom. The number of benzene rings is 1. The number of aromatic nitrogens is 2. The minimum Gasteiger partial charge on any atom is -0.382 e. The molecule has 0 saturated carbocycles. The van der Waals surface area contributed by atoms with Gasteiger partial charge in [-0.1, -0.05) is 0 Å². The molecule has 4 nitrogen and oxygen atoms in total. The van der Waals surface area contributed by atoms with Crippen LogP contribution < -0.4 is 0 Å². The predicted molar refractivity (Wildman–Crippen MR) is 80.1 cm³/mol. The van der Waals surface area contributed by atoms with Crippen molar-refractivity contribution in [3.05, 3.63) is 29.6 Å². The second kappa shape index (κ2) is 5.82. The number of alkyl halides is 1. The van der Waals surface area contributed by atoms with Crippen LogP contribution in [0.5, 0.6) is 0 Å². The fraction of sp³-hybridized carbons (Fsp3) is 0.467. The first-order valence-electron chi connectivity index (χ1n) is 6.50. The molecule has 20 heavy (non-hydrogen) atoms. The molecule has 0 aliphatic rings. The summed E-state index contributed by atoms with van der Waals surface area (Å²) in [4.78, 5) is 4.64. The zero-order valence-corrected chi connectivity index (χ0v) is 12.7. The fourth-order valence-electron chi connectivity index (χ4n) is 2.54. The van der Waals surface area contributed by atoms with Gasteiger partial charge in [0.05, 0.1) is 34.8 Å². The third-order valence-electron chi connectivity index (χ3n) is 3.27. The summed E-state index contributed by atoms with van der Waals surface area (Å²) in [7, 11) is 1.68. The summed E-state index contributed by atoms with van der Waals surface area (Å²) in [5.74, 6) is 1.43. The average Bonchev–Trinajstić information content (AvgIpc) is 2.76. The van der Waals surface area contributed by atoms with Crippen LogP contribution in [0.2, 0.25) is 0 Å². The second-order valence-electron chi connectivity index (χ2n) is 5.36. The summed E-state index contributed by atoms with van der Waals surface area (Å²) < 4.78 is 7.46. The van der Waals surface area contributed by atoms with Crippen LogP contribution in [-0.4, -0.2) is 29.1 Å². The number of methoxy groups -OCH3 is 1. The van der Waals surface area contributed by atoms with Crippen LogP contribution in [0.25, 0.3) is 11.0 Å². The van der Waals surface area contributed by atoms with Gasteiger partial charge in [0.2, 0.25) is 0 Å². The van der Waals surface area contributed by atoms with Crippen LogP contribution in [0.1, 0.15) is 25.2 Å². The molecule has 0 saturated heterocycles. The van der Waals surface area contributed by atoms with E-state index in [0.29, 0.717) is 24.5 Å². The summed E-state index contributed by atoms with van der Waals surface area (Å²) in [6, 6.07) is 7.71. The van der Waals surface area contributed by atoms with Gasteiger partial charge in [0.25, 0.3) is 0 Å². The molecule has 0 unspecified atom stereocenters. The molecule has 5 heteroatoms. The number of halogens is 1. The van der Waals surface area contributed by atoms with E-state index in [0.717, 1.165) is 16.9 Å². The van der Waals surface area contributed by atoms with Crippen LogP contribution >= 0.6 is 11.6 Å². The largest absolute Gasteiger partial charge is 0.382 e. The zero-order chi connectivity index (χ0) is 14.8. The summed E-state index contributed by atoms with van der Waals surface area (Å²) in [5.41, 5.74) is 2.21. The van der Waals surface area contributed by atoms with Crippen molar-refractivity contribution in [2.75, 3.05) is 19.6 Å². The maximum atomic E-state index is 9.08. The van der Waals surface area contributed by atoms with Gasteiger partial charge in [-0.3, -0.25) is 0 Å². The predicted octanol–water partition coefficient (Wildman–Crippen LogP) is 3.07. The molecule has 2 aromatic rings. The van der Waals surface area contributed by atoms with E-state index in [2.05, 4.69) is 29.5 Å². The molecule has 0 N–H and O–H groups in total. The molecule has 0 amide bonds. The summed E-state index contributed by atoms with van der Waals surface area (Å²) in [6.07, 6.45) is 0.686. The van der Waals surface area contributed by atoms with Gasteiger partial charge in [-0.2, -0.15) is 5.26 Å². The highest BCUT2D eigenvalue weighted by atomic mass is 35.5. The third kappa shape index (κ3) is 2.65. The summed E-state index contributed by atoms with van der Waals surface area (Å²) in [5, 5.41) is 9.08. The highest BCUT2D eigenvalue weighted by molar-refractivity contribution is 6.17. The number of rotatable bonds is 5. The summed E-state index contributed by atoms with van der Waals surface area (Å²) >= 11 is 5.88. The van der Waals surface area contributed by atoms with Gasteiger partial charge in [0.1, 0.15) is 5.82 Å². The molecule has 0 aliphatic carbocycles. The molecule has 0 radical (unpaired) electrons. The number of fused-ring (bicyclic) bond motifs is 1. The Hall–Kier alpha value is -1.57. The van der Waals surface area contributed by atoms with Crippen molar-refractivity contribution in [2.45, 2.75) is 25.8 Å². The van der Waals surface area contributed by atoms with E-state index in [4.69, 9.17) is 21.6 Å². The Morgan fingerprint density at radius 3 is 2.80 bits per heavy atom. The Bertz CT molecular complexity index is 655. The Labute approximate surface area is 123 Å². The number of nitriles is 1.